The van der Waals surface area contributed by atoms with Crippen LogP contribution in [-0.2, 0) is 23.9 Å². The summed E-state index contributed by atoms with van der Waals surface area (Å²) in [6, 6.07) is 0. The van der Waals surface area contributed by atoms with E-state index in [1.807, 2.05) is 0 Å². The van der Waals surface area contributed by atoms with Gasteiger partial charge in [-0.25, -0.2) is 0 Å². The SMILES string of the molecule is CCCC(C(=O)O)C(=O)OC(=O)C(CCC)C(=O)O. The summed E-state index contributed by atoms with van der Waals surface area (Å²) in [6.45, 7) is 3.37. The largest absolute Gasteiger partial charge is 0.481 e. The van der Waals surface area contributed by atoms with Gasteiger partial charge in [-0.05, 0) is 12.8 Å². The molecule has 2 N–H and O–H groups in total. The van der Waals surface area contributed by atoms with Crippen molar-refractivity contribution < 1.29 is 34.1 Å². The minimum atomic E-state index is -1.44. The molecule has 0 fully saturated rings. The number of ether oxygens (including phenoxy) is 1. The quantitative estimate of drug-likeness (QED) is 0.501. The van der Waals surface area contributed by atoms with Crippen molar-refractivity contribution in [2.75, 3.05) is 0 Å². The Labute approximate surface area is 110 Å². The third-order valence-corrected chi connectivity index (χ3v) is 2.52. The number of carboxylic acids is 2. The highest BCUT2D eigenvalue weighted by Gasteiger charge is 2.33. The Morgan fingerprint density at radius 1 is 0.842 bits per heavy atom. The fourth-order valence-electron chi connectivity index (χ4n) is 1.50. The molecule has 19 heavy (non-hydrogen) atoms. The van der Waals surface area contributed by atoms with Crippen LogP contribution in [0.4, 0.5) is 0 Å². The summed E-state index contributed by atoms with van der Waals surface area (Å²) in [5.74, 6) is -8.07. The minimum Gasteiger partial charge on any atom is -0.481 e. The average Bonchev–Trinajstić information content (AvgIpc) is 2.31. The molecule has 0 saturated carbocycles. The summed E-state index contributed by atoms with van der Waals surface area (Å²) in [5.41, 5.74) is 0. The van der Waals surface area contributed by atoms with E-state index in [-0.39, 0.29) is 12.8 Å². The molecule has 0 bridgehead atoms. The monoisotopic (exact) mass is 274 g/mol. The summed E-state index contributed by atoms with van der Waals surface area (Å²) in [7, 11) is 0. The zero-order chi connectivity index (χ0) is 15.0. The van der Waals surface area contributed by atoms with Gasteiger partial charge in [0.15, 0.2) is 11.8 Å². The lowest BCUT2D eigenvalue weighted by molar-refractivity contribution is -0.171. The second-order valence-corrected chi connectivity index (χ2v) is 4.10. The van der Waals surface area contributed by atoms with E-state index < -0.39 is 35.7 Å². The number of esters is 2. The van der Waals surface area contributed by atoms with Gasteiger partial charge in [0, 0.05) is 0 Å². The normalized spacial score (nSPS) is 13.4. The number of carbonyl (C=O) groups is 4. The van der Waals surface area contributed by atoms with Crippen molar-refractivity contribution in [3.63, 3.8) is 0 Å². The molecular formula is C12H18O7. The topological polar surface area (TPSA) is 118 Å². The van der Waals surface area contributed by atoms with Gasteiger partial charge in [-0.1, -0.05) is 26.7 Å². The first-order valence-corrected chi connectivity index (χ1v) is 6.06. The lowest BCUT2D eigenvalue weighted by Crippen LogP contribution is -2.33. The highest BCUT2D eigenvalue weighted by Crippen LogP contribution is 2.13. The summed E-state index contributed by atoms with van der Waals surface area (Å²) in [4.78, 5) is 44.6. The van der Waals surface area contributed by atoms with Gasteiger partial charge in [0.1, 0.15) is 0 Å². The molecule has 0 spiro atoms. The maximum atomic E-state index is 11.5. The van der Waals surface area contributed by atoms with Crippen LogP contribution in [0.2, 0.25) is 0 Å². The molecule has 0 amide bonds. The molecule has 0 heterocycles. The van der Waals surface area contributed by atoms with Crippen LogP contribution in [-0.4, -0.2) is 34.1 Å². The molecule has 0 radical (unpaired) electrons. The van der Waals surface area contributed by atoms with Crippen molar-refractivity contribution in [1.29, 1.82) is 0 Å². The number of hydrogen-bond acceptors (Lipinski definition) is 5. The highest BCUT2D eigenvalue weighted by atomic mass is 16.6. The molecule has 108 valence electrons. The Hall–Kier alpha value is -1.92. The first-order chi connectivity index (χ1) is 8.84. The zero-order valence-electron chi connectivity index (χ0n) is 10.9. The molecule has 0 aromatic carbocycles. The van der Waals surface area contributed by atoms with E-state index in [1.165, 1.54) is 0 Å². The number of carboxylic acid groups (broad SMARTS) is 2. The van der Waals surface area contributed by atoms with Gasteiger partial charge in [-0.3, -0.25) is 19.2 Å². The molecule has 0 saturated heterocycles. The van der Waals surface area contributed by atoms with Crippen LogP contribution >= 0.6 is 0 Å². The van der Waals surface area contributed by atoms with Gasteiger partial charge < -0.3 is 14.9 Å². The molecule has 7 heteroatoms. The standard InChI is InChI=1S/C12H18O7/c1-3-5-7(9(13)14)11(17)19-12(18)8(6-4-2)10(15)16/h7-8H,3-6H2,1-2H3,(H,13,14)(H,15,16). The fraction of sp³-hybridized carbons (Fsp3) is 0.667. The van der Waals surface area contributed by atoms with E-state index in [1.54, 1.807) is 13.8 Å². The average molecular weight is 274 g/mol. The van der Waals surface area contributed by atoms with Crippen LogP contribution in [0.3, 0.4) is 0 Å². The third kappa shape index (κ3) is 5.50. The number of rotatable bonds is 8. The Balaban J connectivity index is 4.72. The van der Waals surface area contributed by atoms with Crippen LogP contribution in [0.15, 0.2) is 0 Å². The minimum absolute atomic E-state index is 0.0347. The van der Waals surface area contributed by atoms with E-state index in [0.29, 0.717) is 12.8 Å². The maximum absolute atomic E-state index is 11.5. The predicted molar refractivity (Wildman–Crippen MR) is 63.2 cm³/mol. The van der Waals surface area contributed by atoms with Crippen molar-refractivity contribution in [3.05, 3.63) is 0 Å². The second kappa shape index (κ2) is 8.23. The van der Waals surface area contributed by atoms with E-state index in [4.69, 9.17) is 10.2 Å². The summed E-state index contributed by atoms with van der Waals surface area (Å²) >= 11 is 0. The Bertz CT molecular complexity index is 327. The van der Waals surface area contributed by atoms with Crippen LogP contribution in [0.1, 0.15) is 39.5 Å². The number of aliphatic carboxylic acids is 2. The Kier molecular flexibility index (Phi) is 7.40. The molecule has 0 aliphatic carbocycles. The van der Waals surface area contributed by atoms with Gasteiger partial charge in [0.25, 0.3) is 0 Å². The molecule has 7 nitrogen and oxygen atoms in total. The van der Waals surface area contributed by atoms with E-state index in [9.17, 15) is 19.2 Å². The molecule has 0 aliphatic heterocycles. The molecule has 0 aliphatic rings. The van der Waals surface area contributed by atoms with Gasteiger partial charge in [-0.2, -0.15) is 0 Å². The van der Waals surface area contributed by atoms with Crippen LogP contribution in [0.5, 0.6) is 0 Å². The maximum Gasteiger partial charge on any atom is 0.327 e. The van der Waals surface area contributed by atoms with Crippen LogP contribution in [0.25, 0.3) is 0 Å². The van der Waals surface area contributed by atoms with Crippen molar-refractivity contribution >= 4 is 23.9 Å². The van der Waals surface area contributed by atoms with E-state index in [2.05, 4.69) is 4.74 Å². The predicted octanol–water partition coefficient (Wildman–Crippen LogP) is 1.06. The van der Waals surface area contributed by atoms with Crippen molar-refractivity contribution in [2.24, 2.45) is 11.8 Å². The molecule has 2 atom stereocenters. The summed E-state index contributed by atoms with van der Waals surface area (Å²) < 4.78 is 4.36. The van der Waals surface area contributed by atoms with Crippen molar-refractivity contribution in [2.45, 2.75) is 39.5 Å². The van der Waals surface area contributed by atoms with Crippen molar-refractivity contribution in [1.82, 2.24) is 0 Å². The van der Waals surface area contributed by atoms with E-state index >= 15 is 0 Å². The molecule has 0 rings (SSSR count). The lowest BCUT2D eigenvalue weighted by Gasteiger charge is -2.13. The smallest absolute Gasteiger partial charge is 0.327 e. The number of carbonyl (C=O) groups excluding carboxylic acids is 2. The number of hydrogen-bond donors (Lipinski definition) is 2. The highest BCUT2D eigenvalue weighted by molar-refractivity contribution is 6.02. The molecular weight excluding hydrogens is 256 g/mol. The zero-order valence-corrected chi connectivity index (χ0v) is 10.9. The van der Waals surface area contributed by atoms with Crippen LogP contribution < -0.4 is 0 Å². The van der Waals surface area contributed by atoms with Gasteiger partial charge in [-0.15, -0.1) is 0 Å². The van der Waals surface area contributed by atoms with E-state index in [0.717, 1.165) is 0 Å². The summed E-state index contributed by atoms with van der Waals surface area (Å²) in [6.07, 6.45) is 0.926. The first kappa shape index (κ1) is 17.1. The van der Waals surface area contributed by atoms with Gasteiger partial charge >= 0.3 is 23.9 Å². The molecule has 0 aromatic heterocycles. The lowest BCUT2D eigenvalue weighted by atomic mass is 10.0. The fourth-order valence-corrected chi connectivity index (χ4v) is 1.50. The van der Waals surface area contributed by atoms with Crippen molar-refractivity contribution in [3.8, 4) is 0 Å². The van der Waals surface area contributed by atoms with Gasteiger partial charge in [0.05, 0.1) is 0 Å². The third-order valence-electron chi connectivity index (χ3n) is 2.52. The second-order valence-electron chi connectivity index (χ2n) is 4.10. The molecule has 0 aromatic rings. The Morgan fingerprint density at radius 3 is 1.37 bits per heavy atom. The molecule has 2 unspecified atom stereocenters. The van der Waals surface area contributed by atoms with Gasteiger partial charge in [0.2, 0.25) is 0 Å². The Morgan fingerprint density at radius 2 is 1.16 bits per heavy atom. The van der Waals surface area contributed by atoms with Crippen LogP contribution in [0, 0.1) is 11.8 Å². The first-order valence-electron chi connectivity index (χ1n) is 6.06. The summed E-state index contributed by atoms with van der Waals surface area (Å²) in [5, 5.41) is 17.6.